The van der Waals surface area contributed by atoms with Crippen LogP contribution in [-0.4, -0.2) is 40.5 Å². The standard InChI is InChI=1S/C18H20N2O4/c1-4-20(11-13-5-7-14(24-3)8-6-13)17(21)16-10-9-15(18(22)23)12(2)19-16/h5-10H,4,11H2,1-3H3,(H,22,23). The van der Waals surface area contributed by atoms with Crippen molar-refractivity contribution in [1.29, 1.82) is 0 Å². The molecule has 1 aromatic heterocycles. The first-order chi connectivity index (χ1) is 11.5. The van der Waals surface area contributed by atoms with Crippen LogP contribution in [0.2, 0.25) is 0 Å². The van der Waals surface area contributed by atoms with Gasteiger partial charge in [0, 0.05) is 13.1 Å². The van der Waals surface area contributed by atoms with Crippen molar-refractivity contribution in [2.45, 2.75) is 20.4 Å². The molecule has 1 amide bonds. The summed E-state index contributed by atoms with van der Waals surface area (Å²) in [5, 5.41) is 9.04. The zero-order valence-corrected chi connectivity index (χ0v) is 13.9. The van der Waals surface area contributed by atoms with Crippen LogP contribution < -0.4 is 4.74 Å². The molecule has 6 nitrogen and oxygen atoms in total. The number of rotatable bonds is 6. The maximum absolute atomic E-state index is 12.6. The zero-order chi connectivity index (χ0) is 17.7. The Balaban J connectivity index is 2.18. The van der Waals surface area contributed by atoms with E-state index in [0.717, 1.165) is 11.3 Å². The second-order valence-electron chi connectivity index (χ2n) is 5.30. The molecule has 1 heterocycles. The van der Waals surface area contributed by atoms with E-state index in [4.69, 9.17) is 9.84 Å². The van der Waals surface area contributed by atoms with E-state index < -0.39 is 5.97 Å². The molecule has 1 N–H and O–H groups in total. The molecule has 2 aromatic rings. The van der Waals surface area contributed by atoms with Crippen LogP contribution in [0.5, 0.6) is 5.75 Å². The second-order valence-corrected chi connectivity index (χ2v) is 5.30. The summed E-state index contributed by atoms with van der Waals surface area (Å²) in [5.74, 6) is -0.521. The lowest BCUT2D eigenvalue weighted by atomic mass is 10.1. The van der Waals surface area contributed by atoms with Crippen molar-refractivity contribution in [1.82, 2.24) is 9.88 Å². The van der Waals surface area contributed by atoms with Gasteiger partial charge in [0.05, 0.1) is 18.4 Å². The van der Waals surface area contributed by atoms with Gasteiger partial charge in [0.15, 0.2) is 0 Å². The monoisotopic (exact) mass is 328 g/mol. The number of ether oxygens (including phenoxy) is 1. The van der Waals surface area contributed by atoms with Crippen molar-refractivity contribution in [3.05, 3.63) is 58.9 Å². The number of benzene rings is 1. The summed E-state index contributed by atoms with van der Waals surface area (Å²) in [6.45, 7) is 4.44. The summed E-state index contributed by atoms with van der Waals surface area (Å²) in [5.41, 5.74) is 1.65. The second kappa shape index (κ2) is 7.59. The molecular formula is C18H20N2O4. The molecule has 0 radical (unpaired) electrons. The first kappa shape index (κ1) is 17.5. The highest BCUT2D eigenvalue weighted by Gasteiger charge is 2.18. The average Bonchev–Trinajstić information content (AvgIpc) is 2.59. The number of hydrogen-bond donors (Lipinski definition) is 1. The molecular weight excluding hydrogens is 308 g/mol. The topological polar surface area (TPSA) is 79.7 Å². The molecule has 0 saturated carbocycles. The van der Waals surface area contributed by atoms with Gasteiger partial charge in [0.2, 0.25) is 0 Å². The Labute approximate surface area is 140 Å². The molecule has 6 heteroatoms. The zero-order valence-electron chi connectivity index (χ0n) is 13.9. The Kier molecular flexibility index (Phi) is 5.52. The number of carboxylic acids is 1. The molecule has 0 aliphatic heterocycles. The van der Waals surface area contributed by atoms with Crippen LogP contribution in [0.1, 0.15) is 39.0 Å². The van der Waals surface area contributed by atoms with Gasteiger partial charge in [-0.2, -0.15) is 0 Å². The minimum Gasteiger partial charge on any atom is -0.497 e. The Hall–Kier alpha value is -2.89. The van der Waals surface area contributed by atoms with Crippen LogP contribution >= 0.6 is 0 Å². The molecule has 0 spiro atoms. The van der Waals surface area contributed by atoms with Crippen molar-refractivity contribution < 1.29 is 19.4 Å². The summed E-state index contributed by atoms with van der Waals surface area (Å²) < 4.78 is 5.12. The van der Waals surface area contributed by atoms with Crippen LogP contribution in [0.4, 0.5) is 0 Å². The number of aromatic nitrogens is 1. The van der Waals surface area contributed by atoms with Gasteiger partial charge < -0.3 is 14.7 Å². The van der Waals surface area contributed by atoms with E-state index in [9.17, 15) is 9.59 Å². The van der Waals surface area contributed by atoms with Crippen LogP contribution in [-0.2, 0) is 6.54 Å². The molecule has 24 heavy (non-hydrogen) atoms. The van der Waals surface area contributed by atoms with Gasteiger partial charge >= 0.3 is 5.97 Å². The summed E-state index contributed by atoms with van der Waals surface area (Å²) in [4.78, 5) is 29.5. The minimum atomic E-state index is -1.05. The number of nitrogens with zero attached hydrogens (tertiary/aromatic N) is 2. The quantitative estimate of drug-likeness (QED) is 0.882. The Morgan fingerprint density at radius 1 is 1.17 bits per heavy atom. The normalized spacial score (nSPS) is 10.3. The molecule has 0 fully saturated rings. The molecule has 0 atom stereocenters. The van der Waals surface area contributed by atoms with Gasteiger partial charge in [-0.05, 0) is 43.7 Å². The summed E-state index contributed by atoms with van der Waals surface area (Å²) >= 11 is 0. The fraction of sp³-hybridized carbons (Fsp3) is 0.278. The maximum atomic E-state index is 12.6. The molecule has 0 aliphatic carbocycles. The average molecular weight is 328 g/mol. The lowest BCUT2D eigenvalue weighted by Gasteiger charge is -2.21. The van der Waals surface area contributed by atoms with Gasteiger partial charge in [-0.15, -0.1) is 0 Å². The third-order valence-electron chi connectivity index (χ3n) is 3.74. The van der Waals surface area contributed by atoms with Crippen LogP contribution in [0.25, 0.3) is 0 Å². The van der Waals surface area contributed by atoms with Gasteiger partial charge in [-0.3, -0.25) is 4.79 Å². The van der Waals surface area contributed by atoms with E-state index in [0.29, 0.717) is 18.8 Å². The Bertz CT molecular complexity index is 741. The van der Waals surface area contributed by atoms with Crippen molar-refractivity contribution in [2.75, 3.05) is 13.7 Å². The van der Waals surface area contributed by atoms with E-state index in [1.165, 1.54) is 12.1 Å². The molecule has 0 aliphatic rings. The van der Waals surface area contributed by atoms with Crippen LogP contribution in [0.3, 0.4) is 0 Å². The molecule has 126 valence electrons. The third-order valence-corrected chi connectivity index (χ3v) is 3.74. The number of carbonyl (C=O) groups excluding carboxylic acids is 1. The summed E-state index contributed by atoms with van der Waals surface area (Å²) in [6, 6.07) is 10.4. The number of aryl methyl sites for hydroxylation is 1. The fourth-order valence-electron chi connectivity index (χ4n) is 2.35. The molecule has 0 bridgehead atoms. The molecule has 1 aromatic carbocycles. The first-order valence-corrected chi connectivity index (χ1v) is 7.59. The SMILES string of the molecule is CCN(Cc1ccc(OC)cc1)C(=O)c1ccc(C(=O)O)c(C)n1. The van der Waals surface area contributed by atoms with Crippen molar-refractivity contribution >= 4 is 11.9 Å². The summed E-state index contributed by atoms with van der Waals surface area (Å²) in [6.07, 6.45) is 0. The van der Waals surface area contributed by atoms with Crippen molar-refractivity contribution in [3.63, 3.8) is 0 Å². The van der Waals surface area contributed by atoms with E-state index in [1.54, 1.807) is 18.9 Å². The van der Waals surface area contributed by atoms with Gasteiger partial charge in [0.25, 0.3) is 5.91 Å². The highest BCUT2D eigenvalue weighted by atomic mass is 16.5. The number of hydrogen-bond acceptors (Lipinski definition) is 4. The maximum Gasteiger partial charge on any atom is 0.337 e. The lowest BCUT2D eigenvalue weighted by Crippen LogP contribution is -2.31. The van der Waals surface area contributed by atoms with Gasteiger partial charge in [0.1, 0.15) is 11.4 Å². The van der Waals surface area contributed by atoms with E-state index in [-0.39, 0.29) is 17.2 Å². The van der Waals surface area contributed by atoms with Crippen LogP contribution in [0.15, 0.2) is 36.4 Å². The molecule has 0 saturated heterocycles. The predicted molar refractivity (Wildman–Crippen MR) is 89.3 cm³/mol. The number of carboxylic acid groups (broad SMARTS) is 1. The number of amides is 1. The number of methoxy groups -OCH3 is 1. The number of carbonyl (C=O) groups is 2. The molecule has 2 rings (SSSR count). The predicted octanol–water partition coefficient (Wildman–Crippen LogP) is 2.76. The lowest BCUT2D eigenvalue weighted by molar-refractivity contribution is 0.0691. The van der Waals surface area contributed by atoms with Crippen molar-refractivity contribution in [3.8, 4) is 5.75 Å². The highest BCUT2D eigenvalue weighted by molar-refractivity contribution is 5.94. The van der Waals surface area contributed by atoms with Gasteiger partial charge in [-0.25, -0.2) is 9.78 Å². The minimum absolute atomic E-state index is 0.102. The van der Waals surface area contributed by atoms with E-state index in [2.05, 4.69) is 4.98 Å². The van der Waals surface area contributed by atoms with E-state index in [1.807, 2.05) is 31.2 Å². The third kappa shape index (κ3) is 3.90. The smallest absolute Gasteiger partial charge is 0.337 e. The first-order valence-electron chi connectivity index (χ1n) is 7.59. The van der Waals surface area contributed by atoms with Gasteiger partial charge in [-0.1, -0.05) is 12.1 Å². The van der Waals surface area contributed by atoms with Crippen molar-refractivity contribution in [2.24, 2.45) is 0 Å². The number of pyridine rings is 1. The largest absolute Gasteiger partial charge is 0.497 e. The molecule has 0 unspecified atom stereocenters. The van der Waals surface area contributed by atoms with Crippen LogP contribution in [0, 0.1) is 6.92 Å². The highest BCUT2D eigenvalue weighted by Crippen LogP contribution is 2.15. The summed E-state index contributed by atoms with van der Waals surface area (Å²) in [7, 11) is 1.60. The Morgan fingerprint density at radius 3 is 2.33 bits per heavy atom. The van der Waals surface area contributed by atoms with E-state index >= 15 is 0 Å². The number of aromatic carboxylic acids is 1. The Morgan fingerprint density at radius 2 is 1.83 bits per heavy atom. The fourth-order valence-corrected chi connectivity index (χ4v) is 2.35.